The van der Waals surface area contributed by atoms with E-state index in [4.69, 9.17) is 21.5 Å². The maximum absolute atomic E-state index is 11.2. The quantitative estimate of drug-likeness (QED) is 0.450. The van der Waals surface area contributed by atoms with E-state index in [9.17, 15) is 9.90 Å². The van der Waals surface area contributed by atoms with Crippen LogP contribution < -0.4 is 4.74 Å². The molecule has 9 heteroatoms. The Morgan fingerprint density at radius 2 is 2.31 bits per heavy atom. The molecular weight excluding hydrogens is 378 g/mol. The zero-order valence-corrected chi connectivity index (χ0v) is 15.6. The van der Waals surface area contributed by atoms with Gasteiger partial charge in [0.25, 0.3) is 0 Å². The molecule has 2 N–H and O–H groups in total. The lowest BCUT2D eigenvalue weighted by atomic mass is 9.87. The summed E-state index contributed by atoms with van der Waals surface area (Å²) >= 11 is 7.33. The summed E-state index contributed by atoms with van der Waals surface area (Å²) < 4.78 is 6.50. The Labute approximate surface area is 159 Å². The van der Waals surface area contributed by atoms with Gasteiger partial charge in [-0.2, -0.15) is 0 Å². The molecule has 1 aliphatic carbocycles. The molecule has 0 aliphatic heterocycles. The number of carboxylic acid groups (broad SMARTS) is 1. The van der Waals surface area contributed by atoms with E-state index in [0.29, 0.717) is 44.9 Å². The van der Waals surface area contributed by atoms with Crippen LogP contribution in [0.5, 0.6) is 5.75 Å². The molecule has 2 aromatic heterocycles. The van der Waals surface area contributed by atoms with Gasteiger partial charge in [-0.05, 0) is 38.7 Å². The Balaban J connectivity index is 1.79. The van der Waals surface area contributed by atoms with Gasteiger partial charge in [0.05, 0.1) is 39.3 Å². The van der Waals surface area contributed by atoms with Gasteiger partial charge in [0.1, 0.15) is 0 Å². The van der Waals surface area contributed by atoms with Crippen LogP contribution in [0.4, 0.5) is 0 Å². The van der Waals surface area contributed by atoms with Crippen LogP contribution in [-0.2, 0) is 4.79 Å². The smallest absolute Gasteiger partial charge is 0.306 e. The van der Waals surface area contributed by atoms with Crippen molar-refractivity contribution in [2.75, 3.05) is 0 Å². The highest BCUT2D eigenvalue weighted by Gasteiger charge is 2.28. The van der Waals surface area contributed by atoms with E-state index in [1.807, 2.05) is 6.92 Å². The van der Waals surface area contributed by atoms with Gasteiger partial charge in [0.15, 0.2) is 11.6 Å². The average Bonchev–Trinajstić information content (AvgIpc) is 2.98. The number of carbonyl (C=O) groups is 1. The minimum absolute atomic E-state index is 0.147. The van der Waals surface area contributed by atoms with E-state index in [1.165, 1.54) is 17.6 Å². The van der Waals surface area contributed by atoms with Gasteiger partial charge in [0, 0.05) is 5.56 Å². The lowest BCUT2D eigenvalue weighted by Gasteiger charge is -2.27. The normalized spacial score (nSPS) is 20.4. The van der Waals surface area contributed by atoms with E-state index in [-0.39, 0.29) is 12.0 Å². The maximum atomic E-state index is 11.2. The molecule has 0 unspecified atom stereocenters. The molecular formula is C17H18ClN3O4S. The SMILES string of the molecule is Cc1nc(-c2sc(Cl)cc2/C=N/O)ncc1O[C@H]1CCC[C@H](C(=O)O)C1. The summed E-state index contributed by atoms with van der Waals surface area (Å²) in [6, 6.07) is 1.68. The Morgan fingerprint density at radius 3 is 3.00 bits per heavy atom. The fraction of sp³-hybridized carbons (Fsp3) is 0.412. The molecule has 7 nitrogen and oxygen atoms in total. The molecule has 0 bridgehead atoms. The molecule has 2 aromatic rings. The van der Waals surface area contributed by atoms with Gasteiger partial charge in [-0.15, -0.1) is 11.3 Å². The first-order valence-electron chi connectivity index (χ1n) is 8.18. The highest BCUT2D eigenvalue weighted by molar-refractivity contribution is 7.19. The second-order valence-electron chi connectivity index (χ2n) is 6.16. The highest BCUT2D eigenvalue weighted by Crippen LogP contribution is 2.34. The fourth-order valence-electron chi connectivity index (χ4n) is 3.04. The first-order valence-corrected chi connectivity index (χ1v) is 9.37. The number of carboxylic acids is 1. The number of hydrogen-bond donors (Lipinski definition) is 2. The topological polar surface area (TPSA) is 105 Å². The number of ether oxygens (including phenoxy) is 1. The van der Waals surface area contributed by atoms with E-state index in [2.05, 4.69) is 15.1 Å². The van der Waals surface area contributed by atoms with E-state index < -0.39 is 5.97 Å². The van der Waals surface area contributed by atoms with Gasteiger partial charge in [-0.1, -0.05) is 16.8 Å². The molecule has 2 heterocycles. The zero-order valence-electron chi connectivity index (χ0n) is 14.1. The number of oxime groups is 1. The van der Waals surface area contributed by atoms with Crippen molar-refractivity contribution in [3.8, 4) is 16.5 Å². The molecule has 1 fully saturated rings. The monoisotopic (exact) mass is 395 g/mol. The van der Waals surface area contributed by atoms with Gasteiger partial charge in [0.2, 0.25) is 0 Å². The molecule has 0 aromatic carbocycles. The van der Waals surface area contributed by atoms with Crippen LogP contribution in [-0.4, -0.2) is 38.6 Å². The van der Waals surface area contributed by atoms with Crippen LogP contribution >= 0.6 is 22.9 Å². The minimum atomic E-state index is -0.769. The van der Waals surface area contributed by atoms with Crippen molar-refractivity contribution in [2.45, 2.75) is 38.7 Å². The van der Waals surface area contributed by atoms with Gasteiger partial charge < -0.3 is 15.1 Å². The molecule has 0 saturated heterocycles. The lowest BCUT2D eigenvalue weighted by Crippen LogP contribution is -2.29. The zero-order chi connectivity index (χ0) is 18.7. The Morgan fingerprint density at radius 1 is 1.50 bits per heavy atom. The number of aryl methyl sites for hydroxylation is 1. The minimum Gasteiger partial charge on any atom is -0.487 e. The molecule has 1 saturated carbocycles. The molecule has 1 aliphatic rings. The first-order chi connectivity index (χ1) is 12.5. The number of aromatic nitrogens is 2. The Kier molecular flexibility index (Phi) is 5.73. The Hall–Kier alpha value is -2.19. The van der Waals surface area contributed by atoms with Gasteiger partial charge in [-0.25, -0.2) is 9.97 Å². The summed E-state index contributed by atoms with van der Waals surface area (Å²) in [5.74, 6) is -0.115. The van der Waals surface area contributed by atoms with Crippen molar-refractivity contribution in [3.63, 3.8) is 0 Å². The summed E-state index contributed by atoms with van der Waals surface area (Å²) in [7, 11) is 0. The number of thiophene rings is 1. The van der Waals surface area contributed by atoms with Crippen molar-refractivity contribution < 1.29 is 19.8 Å². The van der Waals surface area contributed by atoms with Crippen LogP contribution in [0.15, 0.2) is 17.4 Å². The average molecular weight is 396 g/mol. The lowest BCUT2D eigenvalue weighted by molar-refractivity contribution is -0.143. The van der Waals surface area contributed by atoms with Crippen LogP contribution in [0, 0.1) is 12.8 Å². The third-order valence-corrected chi connectivity index (χ3v) is 5.61. The molecule has 3 rings (SSSR count). The predicted octanol–water partition coefficient (Wildman–Crippen LogP) is 4.00. The Bertz CT molecular complexity index is 839. The summed E-state index contributed by atoms with van der Waals surface area (Å²) in [5.41, 5.74) is 1.29. The predicted molar refractivity (Wildman–Crippen MR) is 98.5 cm³/mol. The van der Waals surface area contributed by atoms with Gasteiger partial charge >= 0.3 is 5.97 Å². The van der Waals surface area contributed by atoms with Gasteiger partial charge in [-0.3, -0.25) is 4.79 Å². The number of rotatable bonds is 5. The highest BCUT2D eigenvalue weighted by atomic mass is 35.5. The van der Waals surface area contributed by atoms with Crippen molar-refractivity contribution in [3.05, 3.63) is 27.9 Å². The van der Waals surface area contributed by atoms with Crippen LogP contribution in [0.25, 0.3) is 10.7 Å². The van der Waals surface area contributed by atoms with Crippen LogP contribution in [0.1, 0.15) is 36.9 Å². The van der Waals surface area contributed by atoms with E-state index >= 15 is 0 Å². The molecule has 26 heavy (non-hydrogen) atoms. The third kappa shape index (κ3) is 4.13. The standard InChI is InChI=1S/C17H18ClN3O4S/c1-9-13(25-12-4-2-3-10(5-12)17(22)23)8-19-16(21-9)15-11(7-20-24)6-14(18)26-15/h6-8,10,12,24H,2-5H2,1H3,(H,22,23)/b20-7+/t10-,12-/m0/s1. The molecule has 0 spiro atoms. The van der Waals surface area contributed by atoms with Crippen LogP contribution in [0.2, 0.25) is 4.34 Å². The molecule has 0 amide bonds. The van der Waals surface area contributed by atoms with Crippen molar-refractivity contribution in [2.24, 2.45) is 11.1 Å². The number of nitrogens with zero attached hydrogens (tertiary/aromatic N) is 3. The van der Waals surface area contributed by atoms with Crippen molar-refractivity contribution >= 4 is 35.1 Å². The fourth-order valence-corrected chi connectivity index (χ4v) is 4.19. The number of hydrogen-bond acceptors (Lipinski definition) is 7. The molecule has 2 atom stereocenters. The third-order valence-electron chi connectivity index (χ3n) is 4.33. The summed E-state index contributed by atoms with van der Waals surface area (Å²) in [5, 5.41) is 21.0. The largest absolute Gasteiger partial charge is 0.487 e. The second-order valence-corrected chi connectivity index (χ2v) is 7.85. The van der Waals surface area contributed by atoms with Crippen molar-refractivity contribution in [1.29, 1.82) is 0 Å². The van der Waals surface area contributed by atoms with Crippen molar-refractivity contribution in [1.82, 2.24) is 9.97 Å². The second kappa shape index (κ2) is 8.01. The number of halogens is 1. The van der Waals surface area contributed by atoms with E-state index in [1.54, 1.807) is 12.3 Å². The van der Waals surface area contributed by atoms with Crippen LogP contribution in [0.3, 0.4) is 0 Å². The van der Waals surface area contributed by atoms with E-state index in [0.717, 1.165) is 12.8 Å². The first kappa shape index (κ1) is 18.6. The summed E-state index contributed by atoms with van der Waals surface area (Å²) in [4.78, 5) is 20.7. The summed E-state index contributed by atoms with van der Waals surface area (Å²) in [6.07, 6.45) is 5.57. The summed E-state index contributed by atoms with van der Waals surface area (Å²) in [6.45, 7) is 1.81. The molecule has 0 radical (unpaired) electrons. The number of aliphatic carboxylic acids is 1. The maximum Gasteiger partial charge on any atom is 0.306 e. The molecule has 138 valence electrons.